The van der Waals surface area contributed by atoms with E-state index in [4.69, 9.17) is 5.73 Å². The quantitative estimate of drug-likeness (QED) is 0.824. The van der Waals surface area contributed by atoms with E-state index in [9.17, 15) is 8.42 Å². The largest absolute Gasteiger partial charge is 0.399 e. The number of hydrogen-bond donors (Lipinski definition) is 2. The molecule has 0 amide bonds. The van der Waals surface area contributed by atoms with Crippen LogP contribution in [-0.2, 0) is 16.6 Å². The van der Waals surface area contributed by atoms with Gasteiger partial charge in [-0.05, 0) is 23.8 Å². The van der Waals surface area contributed by atoms with Gasteiger partial charge in [-0.25, -0.2) is 13.1 Å². The Morgan fingerprint density at radius 2 is 1.72 bits per heavy atom. The molecular formula is C13H14N2O2S. The molecule has 0 bridgehead atoms. The topological polar surface area (TPSA) is 72.2 Å². The van der Waals surface area contributed by atoms with Crippen molar-refractivity contribution in [2.75, 3.05) is 5.73 Å². The Labute approximate surface area is 107 Å². The first-order chi connectivity index (χ1) is 8.58. The van der Waals surface area contributed by atoms with E-state index >= 15 is 0 Å². The Kier molecular flexibility index (Phi) is 3.64. The summed E-state index contributed by atoms with van der Waals surface area (Å²) in [5, 5.41) is 0. The van der Waals surface area contributed by atoms with Gasteiger partial charge in [0.2, 0.25) is 10.0 Å². The van der Waals surface area contributed by atoms with Gasteiger partial charge in [0.15, 0.2) is 0 Å². The third-order valence-electron chi connectivity index (χ3n) is 2.48. The zero-order chi connectivity index (χ0) is 13.0. The van der Waals surface area contributed by atoms with Gasteiger partial charge in [0, 0.05) is 12.2 Å². The van der Waals surface area contributed by atoms with Gasteiger partial charge in [0.05, 0.1) is 4.90 Å². The fourth-order valence-electron chi connectivity index (χ4n) is 1.54. The molecule has 5 heteroatoms. The maximum atomic E-state index is 12.0. The van der Waals surface area contributed by atoms with Crippen molar-refractivity contribution in [2.45, 2.75) is 11.4 Å². The summed E-state index contributed by atoms with van der Waals surface area (Å²) < 4.78 is 26.5. The van der Waals surface area contributed by atoms with Crippen LogP contribution in [-0.4, -0.2) is 8.42 Å². The Morgan fingerprint density at radius 1 is 1.00 bits per heavy atom. The highest BCUT2D eigenvalue weighted by Crippen LogP contribution is 2.13. The van der Waals surface area contributed by atoms with Crippen LogP contribution in [0.1, 0.15) is 5.56 Å². The van der Waals surface area contributed by atoms with Crippen LogP contribution in [0.2, 0.25) is 0 Å². The van der Waals surface area contributed by atoms with E-state index in [0.717, 1.165) is 5.56 Å². The summed E-state index contributed by atoms with van der Waals surface area (Å²) in [5.41, 5.74) is 6.91. The highest BCUT2D eigenvalue weighted by atomic mass is 32.2. The van der Waals surface area contributed by atoms with Gasteiger partial charge in [-0.1, -0.05) is 36.4 Å². The average molecular weight is 262 g/mol. The summed E-state index contributed by atoms with van der Waals surface area (Å²) in [6, 6.07) is 15.6. The molecule has 0 spiro atoms. The molecule has 4 nitrogen and oxygen atoms in total. The molecule has 2 rings (SSSR count). The third kappa shape index (κ3) is 3.09. The van der Waals surface area contributed by atoms with Crippen LogP contribution in [0.3, 0.4) is 0 Å². The molecule has 0 fully saturated rings. The highest BCUT2D eigenvalue weighted by molar-refractivity contribution is 7.89. The van der Waals surface area contributed by atoms with Gasteiger partial charge in [-0.15, -0.1) is 0 Å². The van der Waals surface area contributed by atoms with Crippen LogP contribution < -0.4 is 10.5 Å². The van der Waals surface area contributed by atoms with E-state index in [1.165, 1.54) is 12.1 Å². The van der Waals surface area contributed by atoms with Crippen molar-refractivity contribution in [3.8, 4) is 0 Å². The zero-order valence-corrected chi connectivity index (χ0v) is 10.5. The zero-order valence-electron chi connectivity index (χ0n) is 9.71. The molecule has 0 heterocycles. The van der Waals surface area contributed by atoms with Crippen molar-refractivity contribution >= 4 is 15.7 Å². The van der Waals surface area contributed by atoms with Gasteiger partial charge in [0.25, 0.3) is 0 Å². The second-order valence-corrected chi connectivity index (χ2v) is 5.65. The number of nitrogens with two attached hydrogens (primary N) is 1. The molecule has 0 saturated carbocycles. The van der Waals surface area contributed by atoms with Crippen LogP contribution in [0.4, 0.5) is 5.69 Å². The molecule has 2 aromatic rings. The molecule has 3 N–H and O–H groups in total. The van der Waals surface area contributed by atoms with E-state index in [2.05, 4.69) is 4.72 Å². The molecule has 0 aliphatic carbocycles. The first-order valence-electron chi connectivity index (χ1n) is 5.47. The molecular weight excluding hydrogens is 248 g/mol. The summed E-state index contributed by atoms with van der Waals surface area (Å²) in [4.78, 5) is 0.179. The molecule has 18 heavy (non-hydrogen) atoms. The number of sulfonamides is 1. The lowest BCUT2D eigenvalue weighted by atomic mass is 10.2. The summed E-state index contributed by atoms with van der Waals surface area (Å²) in [7, 11) is -3.51. The van der Waals surface area contributed by atoms with Crippen molar-refractivity contribution in [1.82, 2.24) is 4.72 Å². The molecule has 0 saturated heterocycles. The van der Waals surface area contributed by atoms with E-state index in [-0.39, 0.29) is 11.4 Å². The minimum absolute atomic E-state index is 0.179. The van der Waals surface area contributed by atoms with Crippen molar-refractivity contribution in [2.24, 2.45) is 0 Å². The SMILES string of the molecule is Nc1cccc(S(=O)(=O)NCc2ccccc2)c1. The third-order valence-corrected chi connectivity index (χ3v) is 3.88. The lowest BCUT2D eigenvalue weighted by molar-refractivity contribution is 0.581. The van der Waals surface area contributed by atoms with Crippen LogP contribution in [0, 0.1) is 0 Å². The molecule has 0 unspecified atom stereocenters. The number of rotatable bonds is 4. The number of anilines is 1. The highest BCUT2D eigenvalue weighted by Gasteiger charge is 2.13. The maximum absolute atomic E-state index is 12.0. The number of benzene rings is 2. The summed E-state index contributed by atoms with van der Waals surface area (Å²) in [5.74, 6) is 0. The Hall–Kier alpha value is -1.85. The van der Waals surface area contributed by atoms with E-state index in [1.807, 2.05) is 30.3 Å². The fourth-order valence-corrected chi connectivity index (χ4v) is 2.61. The van der Waals surface area contributed by atoms with Gasteiger partial charge in [-0.2, -0.15) is 0 Å². The number of hydrogen-bond acceptors (Lipinski definition) is 3. The summed E-state index contributed by atoms with van der Waals surface area (Å²) >= 11 is 0. The number of nitrogens with one attached hydrogen (secondary N) is 1. The standard InChI is InChI=1S/C13H14N2O2S/c14-12-7-4-8-13(9-12)18(16,17)15-10-11-5-2-1-3-6-11/h1-9,15H,10,14H2. The smallest absolute Gasteiger partial charge is 0.240 e. The molecule has 0 aromatic heterocycles. The van der Waals surface area contributed by atoms with Crippen LogP contribution in [0.5, 0.6) is 0 Å². The monoisotopic (exact) mass is 262 g/mol. The molecule has 2 aromatic carbocycles. The molecule has 94 valence electrons. The van der Waals surface area contributed by atoms with E-state index in [0.29, 0.717) is 5.69 Å². The lowest BCUT2D eigenvalue weighted by Crippen LogP contribution is -2.23. The first-order valence-corrected chi connectivity index (χ1v) is 6.95. The van der Waals surface area contributed by atoms with Crippen molar-refractivity contribution < 1.29 is 8.42 Å². The van der Waals surface area contributed by atoms with Gasteiger partial charge in [0.1, 0.15) is 0 Å². The Balaban J connectivity index is 2.13. The van der Waals surface area contributed by atoms with Crippen molar-refractivity contribution in [3.05, 3.63) is 60.2 Å². The van der Waals surface area contributed by atoms with Crippen LogP contribution in [0.15, 0.2) is 59.5 Å². The number of nitrogen functional groups attached to an aromatic ring is 1. The molecule has 0 atom stereocenters. The van der Waals surface area contributed by atoms with Crippen LogP contribution >= 0.6 is 0 Å². The van der Waals surface area contributed by atoms with E-state index in [1.54, 1.807) is 12.1 Å². The maximum Gasteiger partial charge on any atom is 0.240 e. The molecule has 0 radical (unpaired) electrons. The fraction of sp³-hybridized carbons (Fsp3) is 0.0769. The molecule has 0 aliphatic rings. The Bertz CT molecular complexity index is 624. The van der Waals surface area contributed by atoms with Gasteiger partial charge < -0.3 is 5.73 Å². The van der Waals surface area contributed by atoms with Gasteiger partial charge in [-0.3, -0.25) is 0 Å². The van der Waals surface area contributed by atoms with Crippen molar-refractivity contribution in [1.29, 1.82) is 0 Å². The average Bonchev–Trinajstić information content (AvgIpc) is 2.38. The predicted octanol–water partition coefficient (Wildman–Crippen LogP) is 1.75. The first kappa shape index (κ1) is 12.6. The molecule has 0 aliphatic heterocycles. The lowest BCUT2D eigenvalue weighted by Gasteiger charge is -2.07. The van der Waals surface area contributed by atoms with Gasteiger partial charge >= 0.3 is 0 Å². The predicted molar refractivity (Wildman–Crippen MR) is 71.3 cm³/mol. The summed E-state index contributed by atoms with van der Waals surface area (Å²) in [6.45, 7) is 0.262. The minimum atomic E-state index is -3.51. The second-order valence-electron chi connectivity index (χ2n) is 3.88. The summed E-state index contributed by atoms with van der Waals surface area (Å²) in [6.07, 6.45) is 0. The Morgan fingerprint density at radius 3 is 2.39 bits per heavy atom. The second kappa shape index (κ2) is 5.20. The minimum Gasteiger partial charge on any atom is -0.399 e. The van der Waals surface area contributed by atoms with Crippen molar-refractivity contribution in [3.63, 3.8) is 0 Å². The van der Waals surface area contributed by atoms with E-state index < -0.39 is 10.0 Å². The van der Waals surface area contributed by atoms with Crippen LogP contribution in [0.25, 0.3) is 0 Å². The normalized spacial score (nSPS) is 11.3.